The highest BCUT2D eigenvalue weighted by Gasteiger charge is 2.37. The monoisotopic (exact) mass is 463 g/mol. The average molecular weight is 464 g/mol. The Labute approximate surface area is 197 Å². The molecule has 7 nitrogen and oxygen atoms in total. The zero-order valence-electron chi connectivity index (χ0n) is 20.3. The highest BCUT2D eigenvalue weighted by Crippen LogP contribution is 2.37. The zero-order valence-corrected chi connectivity index (χ0v) is 21.3. The van der Waals surface area contributed by atoms with E-state index >= 15 is 0 Å². The smallest absolute Gasteiger partial charge is 0.192 e. The fourth-order valence-electron chi connectivity index (χ4n) is 3.70. The van der Waals surface area contributed by atoms with E-state index in [-0.39, 0.29) is 11.6 Å². The number of hydrogen-bond donors (Lipinski definition) is 0. The van der Waals surface area contributed by atoms with Crippen LogP contribution in [0, 0.1) is 11.3 Å². The van der Waals surface area contributed by atoms with Crippen LogP contribution in [0.4, 0.5) is 5.82 Å². The van der Waals surface area contributed by atoms with Gasteiger partial charge in [-0.15, -0.1) is 0 Å². The number of nitrogens with zero attached hydrogens (tertiary/aromatic N) is 5. The van der Waals surface area contributed by atoms with Crippen LogP contribution in [-0.4, -0.2) is 49.2 Å². The van der Waals surface area contributed by atoms with Crippen LogP contribution in [0.5, 0.6) is 0 Å². The maximum absolute atomic E-state index is 9.27. The normalized spacial score (nSPS) is 15.1. The topological polar surface area (TPSA) is 76.2 Å². The third kappa shape index (κ3) is 4.96. The minimum atomic E-state index is -1.84. The first-order chi connectivity index (χ1) is 15.7. The molecule has 174 valence electrons. The van der Waals surface area contributed by atoms with Crippen LogP contribution in [-0.2, 0) is 22.3 Å². The number of aromatic nitrogens is 3. The minimum Gasteiger partial charge on any atom is -0.413 e. The molecule has 0 saturated carbocycles. The van der Waals surface area contributed by atoms with Gasteiger partial charge in [0.05, 0.1) is 31.4 Å². The number of benzene rings is 1. The molecule has 0 spiro atoms. The summed E-state index contributed by atoms with van der Waals surface area (Å²) in [7, 11) is -1.84. The Morgan fingerprint density at radius 3 is 2.61 bits per heavy atom. The van der Waals surface area contributed by atoms with E-state index in [2.05, 4.69) is 57.0 Å². The van der Waals surface area contributed by atoms with Gasteiger partial charge in [-0.3, -0.25) is 0 Å². The van der Waals surface area contributed by atoms with Crippen molar-refractivity contribution in [1.29, 1.82) is 5.26 Å². The highest BCUT2D eigenvalue weighted by atomic mass is 28.4. The zero-order chi connectivity index (χ0) is 23.6. The van der Waals surface area contributed by atoms with Crippen molar-refractivity contribution in [2.45, 2.75) is 52.1 Å². The summed E-state index contributed by atoms with van der Waals surface area (Å²) >= 11 is 0. The van der Waals surface area contributed by atoms with Gasteiger partial charge in [0.2, 0.25) is 0 Å². The number of fused-ring (bicyclic) bond motifs is 1. The molecule has 0 unspecified atom stereocenters. The molecule has 1 aliphatic rings. The summed E-state index contributed by atoms with van der Waals surface area (Å²) in [4.78, 5) is 12.1. The molecule has 0 amide bonds. The molecular formula is C25H33N5O2Si. The van der Waals surface area contributed by atoms with E-state index in [1.165, 1.54) is 0 Å². The predicted molar refractivity (Wildman–Crippen MR) is 134 cm³/mol. The maximum atomic E-state index is 9.27. The first-order valence-electron chi connectivity index (χ1n) is 11.5. The fraction of sp³-hybridized carbons (Fsp3) is 0.480. The van der Waals surface area contributed by atoms with Gasteiger partial charge in [0.1, 0.15) is 12.1 Å². The number of ether oxygens (including phenoxy) is 1. The van der Waals surface area contributed by atoms with Crippen molar-refractivity contribution in [3.05, 3.63) is 42.1 Å². The molecule has 0 N–H and O–H groups in total. The largest absolute Gasteiger partial charge is 0.413 e. The van der Waals surface area contributed by atoms with Crippen LogP contribution in [0.25, 0.3) is 22.4 Å². The van der Waals surface area contributed by atoms with E-state index in [1.807, 2.05) is 29.0 Å². The Kier molecular flexibility index (Phi) is 6.57. The molecule has 3 aromatic rings. The second-order valence-electron chi connectivity index (χ2n) is 10.1. The molecule has 4 rings (SSSR count). The second kappa shape index (κ2) is 9.25. The lowest BCUT2D eigenvalue weighted by Crippen LogP contribution is -2.40. The minimum absolute atomic E-state index is 0.169. The number of morpholine rings is 1. The number of nitriles is 1. The van der Waals surface area contributed by atoms with E-state index in [0.29, 0.717) is 25.6 Å². The van der Waals surface area contributed by atoms with E-state index in [4.69, 9.17) is 19.1 Å². The first-order valence-corrected chi connectivity index (χ1v) is 14.4. The van der Waals surface area contributed by atoms with Gasteiger partial charge >= 0.3 is 0 Å². The Balaban J connectivity index is 1.70. The van der Waals surface area contributed by atoms with Gasteiger partial charge < -0.3 is 18.6 Å². The van der Waals surface area contributed by atoms with Gasteiger partial charge in [0, 0.05) is 24.8 Å². The molecule has 1 aromatic carbocycles. The van der Waals surface area contributed by atoms with Crippen LogP contribution in [0.15, 0.2) is 36.5 Å². The molecule has 1 saturated heterocycles. The quantitative estimate of drug-likeness (QED) is 0.480. The SMILES string of the molecule is CC(C)(C)[Si](C)(C)OCc1cccc(-c2nc(N3CCOCC3)c3c(ccn3CC#N)n2)c1. The second-order valence-corrected chi connectivity index (χ2v) is 14.9. The lowest BCUT2D eigenvalue weighted by Gasteiger charge is -2.36. The third-order valence-corrected chi connectivity index (χ3v) is 11.2. The molecular weight excluding hydrogens is 430 g/mol. The molecule has 3 heterocycles. The van der Waals surface area contributed by atoms with E-state index in [0.717, 1.165) is 41.1 Å². The van der Waals surface area contributed by atoms with Gasteiger partial charge in [-0.05, 0) is 35.8 Å². The van der Waals surface area contributed by atoms with Crippen molar-refractivity contribution >= 4 is 25.2 Å². The standard InChI is InChI=1S/C25H33N5O2Si/c1-25(2,3)33(4,5)32-18-19-7-6-8-20(17-19)23-27-21-9-11-29(12-10-26)22(21)24(28-23)30-13-15-31-16-14-30/h6-9,11,17H,12-16,18H2,1-5H3. The summed E-state index contributed by atoms with van der Waals surface area (Å²) in [6.45, 7) is 15.0. The van der Waals surface area contributed by atoms with Crippen molar-refractivity contribution in [2.24, 2.45) is 0 Å². The summed E-state index contributed by atoms with van der Waals surface area (Å²) in [6, 6.07) is 12.5. The highest BCUT2D eigenvalue weighted by molar-refractivity contribution is 6.74. The molecule has 2 aromatic heterocycles. The Bertz CT molecular complexity index is 1170. The number of rotatable bonds is 6. The van der Waals surface area contributed by atoms with E-state index in [1.54, 1.807) is 0 Å². The lowest BCUT2D eigenvalue weighted by molar-refractivity contribution is 0.122. The van der Waals surface area contributed by atoms with Crippen molar-refractivity contribution in [3.63, 3.8) is 0 Å². The Hall–Kier alpha value is -2.73. The molecule has 1 fully saturated rings. The number of anilines is 1. The van der Waals surface area contributed by atoms with Crippen molar-refractivity contribution in [2.75, 3.05) is 31.2 Å². The van der Waals surface area contributed by atoms with Crippen LogP contribution in [0.3, 0.4) is 0 Å². The molecule has 1 aliphatic heterocycles. The molecule has 8 heteroatoms. The predicted octanol–water partition coefficient (Wildman–Crippen LogP) is 4.98. The molecule has 33 heavy (non-hydrogen) atoms. The van der Waals surface area contributed by atoms with Crippen LogP contribution >= 0.6 is 0 Å². The molecule has 0 bridgehead atoms. The van der Waals surface area contributed by atoms with E-state index in [9.17, 15) is 5.26 Å². The van der Waals surface area contributed by atoms with Crippen molar-refractivity contribution < 1.29 is 9.16 Å². The van der Waals surface area contributed by atoms with Crippen LogP contribution < -0.4 is 4.90 Å². The summed E-state index contributed by atoms with van der Waals surface area (Å²) < 4.78 is 13.9. The molecule has 0 atom stereocenters. The van der Waals surface area contributed by atoms with Crippen LogP contribution in [0.1, 0.15) is 26.3 Å². The Morgan fingerprint density at radius 1 is 1.15 bits per heavy atom. The first kappa shape index (κ1) is 23.4. The van der Waals surface area contributed by atoms with Gasteiger partial charge in [-0.2, -0.15) is 5.26 Å². The van der Waals surface area contributed by atoms with E-state index < -0.39 is 8.32 Å². The Morgan fingerprint density at radius 2 is 1.91 bits per heavy atom. The molecule has 0 aliphatic carbocycles. The molecule has 0 radical (unpaired) electrons. The lowest BCUT2D eigenvalue weighted by atomic mass is 10.1. The van der Waals surface area contributed by atoms with Gasteiger partial charge in [0.15, 0.2) is 20.0 Å². The third-order valence-electron chi connectivity index (χ3n) is 6.73. The number of hydrogen-bond acceptors (Lipinski definition) is 6. The van der Waals surface area contributed by atoms with Crippen LogP contribution in [0.2, 0.25) is 18.1 Å². The van der Waals surface area contributed by atoms with Crippen molar-refractivity contribution in [3.8, 4) is 17.5 Å². The van der Waals surface area contributed by atoms with Gasteiger partial charge in [-0.1, -0.05) is 39.0 Å². The summed E-state index contributed by atoms with van der Waals surface area (Å²) in [5.74, 6) is 1.55. The van der Waals surface area contributed by atoms with Gasteiger partial charge in [0.25, 0.3) is 0 Å². The van der Waals surface area contributed by atoms with Crippen molar-refractivity contribution in [1.82, 2.24) is 14.5 Å². The maximum Gasteiger partial charge on any atom is 0.192 e. The fourth-order valence-corrected chi connectivity index (χ4v) is 4.66. The summed E-state index contributed by atoms with van der Waals surface area (Å²) in [5.41, 5.74) is 3.84. The summed E-state index contributed by atoms with van der Waals surface area (Å²) in [5, 5.41) is 9.43. The summed E-state index contributed by atoms with van der Waals surface area (Å²) in [6.07, 6.45) is 1.92. The average Bonchev–Trinajstić information content (AvgIpc) is 3.20. The van der Waals surface area contributed by atoms with Gasteiger partial charge in [-0.25, -0.2) is 9.97 Å².